The van der Waals surface area contributed by atoms with E-state index in [1.807, 2.05) is 49.5 Å². The third kappa shape index (κ3) is 7.27. The Hall–Kier alpha value is -3.06. The van der Waals surface area contributed by atoms with Gasteiger partial charge in [0.05, 0.1) is 13.2 Å². The van der Waals surface area contributed by atoms with Crippen molar-refractivity contribution in [2.45, 2.75) is 19.6 Å². The first-order valence-electron chi connectivity index (χ1n) is 11.0. The molecule has 1 amide bonds. The average molecular weight is 439 g/mol. The number of amides is 1. The van der Waals surface area contributed by atoms with Crippen molar-refractivity contribution in [2.75, 3.05) is 47.4 Å². The van der Waals surface area contributed by atoms with Gasteiger partial charge in [0.2, 0.25) is 0 Å². The molecule has 0 saturated carbocycles. The summed E-state index contributed by atoms with van der Waals surface area (Å²) in [6.45, 7) is 3.99. The number of carbonyl (C=O) groups excluding carboxylic acids is 1. The van der Waals surface area contributed by atoms with E-state index in [1.165, 1.54) is 10.5 Å². The summed E-state index contributed by atoms with van der Waals surface area (Å²) in [5.41, 5.74) is 2.28. The number of benzene rings is 2. The standard InChI is InChI=1S/C25H34N4O3/c1-26-25(27-15-21-10-7-11-23(14-21)32-19-24(30)28(2)3)29-13-12-22(16-29)18-31-17-20-8-5-4-6-9-20/h4-11,14,22H,12-13,15-19H2,1-3H3,(H,26,27). The molecule has 1 aliphatic rings. The SMILES string of the molecule is CN=C(NCc1cccc(OCC(=O)N(C)C)c1)N1CCC(COCc2ccccc2)C1. The molecule has 1 aliphatic heterocycles. The number of ether oxygens (including phenoxy) is 2. The number of rotatable bonds is 9. The molecule has 3 rings (SSSR count). The third-order valence-electron chi connectivity index (χ3n) is 5.47. The molecule has 1 unspecified atom stereocenters. The number of hydrogen-bond donors (Lipinski definition) is 1. The number of hydrogen-bond acceptors (Lipinski definition) is 4. The van der Waals surface area contributed by atoms with Crippen LogP contribution in [-0.2, 0) is 22.7 Å². The molecule has 1 heterocycles. The van der Waals surface area contributed by atoms with Gasteiger partial charge in [-0.2, -0.15) is 0 Å². The number of nitrogens with one attached hydrogen (secondary N) is 1. The van der Waals surface area contributed by atoms with Crippen LogP contribution >= 0.6 is 0 Å². The number of likely N-dealkylation sites (N-methyl/N-ethyl adjacent to an activating group) is 1. The largest absolute Gasteiger partial charge is 0.484 e. The molecular formula is C25H34N4O3. The number of nitrogens with zero attached hydrogens (tertiary/aromatic N) is 3. The Labute approximate surface area is 191 Å². The number of likely N-dealkylation sites (tertiary alicyclic amines) is 1. The molecule has 1 atom stereocenters. The first-order valence-corrected chi connectivity index (χ1v) is 11.0. The van der Waals surface area contributed by atoms with E-state index in [4.69, 9.17) is 9.47 Å². The maximum atomic E-state index is 11.7. The first-order chi connectivity index (χ1) is 15.5. The number of carbonyl (C=O) groups is 1. The highest BCUT2D eigenvalue weighted by Crippen LogP contribution is 2.18. The van der Waals surface area contributed by atoms with Crippen molar-refractivity contribution >= 4 is 11.9 Å². The zero-order chi connectivity index (χ0) is 22.8. The lowest BCUT2D eigenvalue weighted by atomic mass is 10.1. The molecule has 1 N–H and O–H groups in total. The van der Waals surface area contributed by atoms with Gasteiger partial charge in [0, 0.05) is 46.7 Å². The van der Waals surface area contributed by atoms with Crippen LogP contribution in [-0.4, -0.2) is 69.1 Å². The van der Waals surface area contributed by atoms with E-state index in [0.717, 1.165) is 37.6 Å². The van der Waals surface area contributed by atoms with E-state index in [-0.39, 0.29) is 12.5 Å². The summed E-state index contributed by atoms with van der Waals surface area (Å²) in [7, 11) is 5.25. The van der Waals surface area contributed by atoms with Gasteiger partial charge < -0.3 is 24.6 Å². The van der Waals surface area contributed by atoms with Gasteiger partial charge in [0.25, 0.3) is 5.91 Å². The van der Waals surface area contributed by atoms with Crippen molar-refractivity contribution < 1.29 is 14.3 Å². The van der Waals surface area contributed by atoms with Crippen molar-refractivity contribution in [3.63, 3.8) is 0 Å². The Kier molecular flexibility index (Phi) is 8.92. The lowest BCUT2D eigenvalue weighted by Gasteiger charge is -2.22. The van der Waals surface area contributed by atoms with Gasteiger partial charge >= 0.3 is 0 Å². The van der Waals surface area contributed by atoms with Crippen molar-refractivity contribution in [2.24, 2.45) is 10.9 Å². The lowest BCUT2D eigenvalue weighted by molar-refractivity contribution is -0.130. The van der Waals surface area contributed by atoms with Crippen LogP contribution in [0.1, 0.15) is 17.5 Å². The van der Waals surface area contributed by atoms with Gasteiger partial charge in [0.15, 0.2) is 12.6 Å². The highest BCUT2D eigenvalue weighted by atomic mass is 16.5. The highest BCUT2D eigenvalue weighted by Gasteiger charge is 2.25. The van der Waals surface area contributed by atoms with E-state index < -0.39 is 0 Å². The minimum absolute atomic E-state index is 0.0348. The summed E-state index contributed by atoms with van der Waals surface area (Å²) >= 11 is 0. The summed E-state index contributed by atoms with van der Waals surface area (Å²) in [5, 5.41) is 3.44. The summed E-state index contributed by atoms with van der Waals surface area (Å²) < 4.78 is 11.5. The fourth-order valence-electron chi connectivity index (χ4n) is 3.61. The quantitative estimate of drug-likeness (QED) is 0.482. The van der Waals surface area contributed by atoms with Gasteiger partial charge in [-0.05, 0) is 29.7 Å². The van der Waals surface area contributed by atoms with Crippen molar-refractivity contribution in [3.8, 4) is 5.75 Å². The van der Waals surface area contributed by atoms with Crippen LogP contribution in [0.25, 0.3) is 0 Å². The second kappa shape index (κ2) is 12.1. The highest BCUT2D eigenvalue weighted by molar-refractivity contribution is 5.80. The zero-order valence-electron chi connectivity index (χ0n) is 19.3. The van der Waals surface area contributed by atoms with Crippen LogP contribution in [0.3, 0.4) is 0 Å². The molecule has 0 aliphatic carbocycles. The van der Waals surface area contributed by atoms with Gasteiger partial charge in [0.1, 0.15) is 5.75 Å². The van der Waals surface area contributed by atoms with Gasteiger partial charge in [-0.3, -0.25) is 9.79 Å². The maximum absolute atomic E-state index is 11.7. The van der Waals surface area contributed by atoms with E-state index >= 15 is 0 Å². The zero-order valence-corrected chi connectivity index (χ0v) is 19.3. The molecular weight excluding hydrogens is 404 g/mol. The fraction of sp³-hybridized carbons (Fsp3) is 0.440. The third-order valence-corrected chi connectivity index (χ3v) is 5.47. The van der Waals surface area contributed by atoms with E-state index in [9.17, 15) is 4.79 Å². The smallest absolute Gasteiger partial charge is 0.259 e. The molecule has 2 aromatic carbocycles. The molecule has 2 aromatic rings. The second-order valence-electron chi connectivity index (χ2n) is 8.23. The molecule has 32 heavy (non-hydrogen) atoms. The van der Waals surface area contributed by atoms with E-state index in [0.29, 0.717) is 24.8 Å². The fourth-order valence-corrected chi connectivity index (χ4v) is 3.61. The Balaban J connectivity index is 1.43. The molecule has 0 bridgehead atoms. The van der Waals surface area contributed by atoms with Crippen LogP contribution in [0.5, 0.6) is 5.75 Å². The molecule has 7 nitrogen and oxygen atoms in total. The molecule has 0 aromatic heterocycles. The van der Waals surface area contributed by atoms with Gasteiger partial charge in [-0.15, -0.1) is 0 Å². The summed E-state index contributed by atoms with van der Waals surface area (Å²) in [4.78, 5) is 20.0. The maximum Gasteiger partial charge on any atom is 0.259 e. The topological polar surface area (TPSA) is 66.4 Å². The molecule has 0 radical (unpaired) electrons. The van der Waals surface area contributed by atoms with Crippen LogP contribution < -0.4 is 10.1 Å². The van der Waals surface area contributed by atoms with Gasteiger partial charge in [-0.1, -0.05) is 42.5 Å². The first kappa shape index (κ1) is 23.6. The van der Waals surface area contributed by atoms with Crippen LogP contribution in [0, 0.1) is 5.92 Å². The average Bonchev–Trinajstić information content (AvgIpc) is 3.27. The predicted octanol–water partition coefficient (Wildman–Crippen LogP) is 2.77. The minimum Gasteiger partial charge on any atom is -0.484 e. The molecule has 1 saturated heterocycles. The summed E-state index contributed by atoms with van der Waals surface area (Å²) in [5.74, 6) is 2.02. The van der Waals surface area contributed by atoms with Crippen molar-refractivity contribution in [1.29, 1.82) is 0 Å². The monoisotopic (exact) mass is 438 g/mol. The minimum atomic E-state index is -0.0646. The molecule has 172 valence electrons. The number of aliphatic imine (C=N–C) groups is 1. The van der Waals surface area contributed by atoms with Crippen LogP contribution in [0.15, 0.2) is 59.6 Å². The lowest BCUT2D eigenvalue weighted by Crippen LogP contribution is -2.39. The van der Waals surface area contributed by atoms with Crippen LogP contribution in [0.2, 0.25) is 0 Å². The Morgan fingerprint density at radius 2 is 1.94 bits per heavy atom. The Morgan fingerprint density at radius 1 is 1.16 bits per heavy atom. The second-order valence-corrected chi connectivity index (χ2v) is 8.23. The van der Waals surface area contributed by atoms with E-state index in [2.05, 4.69) is 27.3 Å². The predicted molar refractivity (Wildman–Crippen MR) is 127 cm³/mol. The van der Waals surface area contributed by atoms with Crippen molar-refractivity contribution in [1.82, 2.24) is 15.1 Å². The Morgan fingerprint density at radius 3 is 2.69 bits per heavy atom. The summed E-state index contributed by atoms with van der Waals surface area (Å²) in [6, 6.07) is 18.1. The van der Waals surface area contributed by atoms with Gasteiger partial charge in [-0.25, -0.2) is 0 Å². The Bertz CT molecular complexity index is 886. The molecule has 0 spiro atoms. The number of guanidine groups is 1. The van der Waals surface area contributed by atoms with Crippen molar-refractivity contribution in [3.05, 3.63) is 65.7 Å². The normalized spacial score (nSPS) is 16.2. The van der Waals surface area contributed by atoms with Crippen LogP contribution in [0.4, 0.5) is 0 Å². The van der Waals surface area contributed by atoms with E-state index in [1.54, 1.807) is 14.1 Å². The summed E-state index contributed by atoms with van der Waals surface area (Å²) in [6.07, 6.45) is 1.10. The molecule has 1 fully saturated rings. The molecule has 7 heteroatoms.